The van der Waals surface area contributed by atoms with Gasteiger partial charge in [-0.25, -0.2) is 4.98 Å². The van der Waals surface area contributed by atoms with Crippen LogP contribution >= 0.6 is 0 Å². The van der Waals surface area contributed by atoms with E-state index in [-0.39, 0.29) is 0 Å². The number of hydrogen-bond donors (Lipinski definition) is 1. The third-order valence-corrected chi connectivity index (χ3v) is 3.69. The zero-order chi connectivity index (χ0) is 15.1. The second kappa shape index (κ2) is 7.79. The molecule has 0 spiro atoms. The van der Waals surface area contributed by atoms with Crippen LogP contribution in [0.25, 0.3) is 0 Å². The number of rotatable bonds is 7. The van der Waals surface area contributed by atoms with Gasteiger partial charge in [-0.2, -0.15) is 0 Å². The van der Waals surface area contributed by atoms with Crippen molar-refractivity contribution in [3.05, 3.63) is 53.7 Å². The predicted octanol–water partition coefficient (Wildman–Crippen LogP) is 4.50. The van der Waals surface area contributed by atoms with Crippen LogP contribution in [0.4, 0.5) is 0 Å². The molecule has 1 heterocycles. The van der Waals surface area contributed by atoms with E-state index in [2.05, 4.69) is 43.2 Å². The van der Waals surface area contributed by atoms with Crippen molar-refractivity contribution in [2.45, 2.75) is 39.7 Å². The number of pyridine rings is 1. The maximum Gasteiger partial charge on any atom is 0.223 e. The van der Waals surface area contributed by atoms with E-state index in [9.17, 15) is 0 Å². The van der Waals surface area contributed by atoms with Crippen LogP contribution in [0.5, 0.6) is 11.6 Å². The van der Waals surface area contributed by atoms with E-state index in [0.717, 1.165) is 30.8 Å². The molecule has 3 nitrogen and oxygen atoms in total. The molecule has 0 aliphatic rings. The highest BCUT2D eigenvalue weighted by Crippen LogP contribution is 2.26. The molecular weight excluding hydrogens is 260 g/mol. The van der Waals surface area contributed by atoms with Crippen LogP contribution in [0.2, 0.25) is 0 Å². The SMILES string of the molecule is CCNCc1cccnc1Oc1ccc(C(C)CC)cc1. The van der Waals surface area contributed by atoms with E-state index in [1.807, 2.05) is 24.3 Å². The molecule has 2 rings (SSSR count). The van der Waals surface area contributed by atoms with Gasteiger partial charge in [0, 0.05) is 18.3 Å². The normalized spacial score (nSPS) is 12.1. The predicted molar refractivity (Wildman–Crippen MR) is 86.8 cm³/mol. The summed E-state index contributed by atoms with van der Waals surface area (Å²) >= 11 is 0. The van der Waals surface area contributed by atoms with E-state index in [1.54, 1.807) is 6.20 Å². The molecule has 1 aromatic heterocycles. The van der Waals surface area contributed by atoms with E-state index >= 15 is 0 Å². The zero-order valence-corrected chi connectivity index (χ0v) is 13.1. The number of nitrogens with zero attached hydrogens (tertiary/aromatic N) is 1. The van der Waals surface area contributed by atoms with E-state index in [0.29, 0.717) is 11.8 Å². The Hall–Kier alpha value is -1.87. The lowest BCUT2D eigenvalue weighted by Gasteiger charge is -2.12. The average molecular weight is 284 g/mol. The van der Waals surface area contributed by atoms with Crippen molar-refractivity contribution in [2.75, 3.05) is 6.54 Å². The smallest absolute Gasteiger partial charge is 0.223 e. The molecule has 21 heavy (non-hydrogen) atoms. The monoisotopic (exact) mass is 284 g/mol. The molecular formula is C18H24N2O. The lowest BCUT2D eigenvalue weighted by molar-refractivity contribution is 0.453. The van der Waals surface area contributed by atoms with Crippen LogP contribution in [0.15, 0.2) is 42.6 Å². The fourth-order valence-electron chi connectivity index (χ4n) is 2.12. The van der Waals surface area contributed by atoms with Crippen LogP contribution in [-0.2, 0) is 6.54 Å². The van der Waals surface area contributed by atoms with Gasteiger partial charge in [-0.3, -0.25) is 0 Å². The van der Waals surface area contributed by atoms with Crippen molar-refractivity contribution in [3.8, 4) is 11.6 Å². The van der Waals surface area contributed by atoms with Crippen LogP contribution in [0.3, 0.4) is 0 Å². The Labute approximate surface area is 127 Å². The van der Waals surface area contributed by atoms with Crippen molar-refractivity contribution in [1.29, 1.82) is 0 Å². The molecule has 0 radical (unpaired) electrons. The minimum atomic E-state index is 0.582. The molecule has 0 fully saturated rings. The minimum Gasteiger partial charge on any atom is -0.439 e. The fraction of sp³-hybridized carbons (Fsp3) is 0.389. The lowest BCUT2D eigenvalue weighted by Crippen LogP contribution is -2.12. The van der Waals surface area contributed by atoms with Crippen LogP contribution in [0.1, 0.15) is 44.2 Å². The molecule has 1 unspecified atom stereocenters. The lowest BCUT2D eigenvalue weighted by atomic mass is 9.99. The standard InChI is InChI=1S/C18H24N2O/c1-4-14(3)15-8-10-17(11-9-15)21-18-16(13-19-5-2)7-6-12-20-18/h6-12,14,19H,4-5,13H2,1-3H3. The summed E-state index contributed by atoms with van der Waals surface area (Å²) in [4.78, 5) is 4.34. The second-order valence-corrected chi connectivity index (χ2v) is 5.23. The van der Waals surface area contributed by atoms with Crippen molar-refractivity contribution in [2.24, 2.45) is 0 Å². The molecule has 0 amide bonds. The van der Waals surface area contributed by atoms with Gasteiger partial charge in [0.15, 0.2) is 0 Å². The minimum absolute atomic E-state index is 0.582. The highest BCUT2D eigenvalue weighted by atomic mass is 16.5. The van der Waals surface area contributed by atoms with E-state index in [1.165, 1.54) is 5.56 Å². The van der Waals surface area contributed by atoms with Crippen LogP contribution < -0.4 is 10.1 Å². The fourth-order valence-corrected chi connectivity index (χ4v) is 2.12. The van der Waals surface area contributed by atoms with Crippen LogP contribution in [-0.4, -0.2) is 11.5 Å². The summed E-state index contributed by atoms with van der Waals surface area (Å²) in [6, 6.07) is 12.3. The molecule has 2 aromatic rings. The highest BCUT2D eigenvalue weighted by Gasteiger charge is 2.07. The highest BCUT2D eigenvalue weighted by molar-refractivity contribution is 5.34. The third-order valence-electron chi connectivity index (χ3n) is 3.69. The second-order valence-electron chi connectivity index (χ2n) is 5.23. The Morgan fingerprint density at radius 2 is 1.90 bits per heavy atom. The summed E-state index contributed by atoms with van der Waals surface area (Å²) in [5.41, 5.74) is 2.42. The third kappa shape index (κ3) is 4.30. The van der Waals surface area contributed by atoms with Gasteiger partial charge in [-0.05, 0) is 42.6 Å². The molecule has 0 bridgehead atoms. The summed E-state index contributed by atoms with van der Waals surface area (Å²) in [5.74, 6) is 2.09. The quantitative estimate of drug-likeness (QED) is 0.813. The Morgan fingerprint density at radius 3 is 2.57 bits per heavy atom. The number of benzene rings is 1. The average Bonchev–Trinajstić information content (AvgIpc) is 2.54. The van der Waals surface area contributed by atoms with Gasteiger partial charge in [0.05, 0.1) is 0 Å². The molecule has 3 heteroatoms. The number of hydrogen-bond acceptors (Lipinski definition) is 3. The van der Waals surface area contributed by atoms with Gasteiger partial charge in [-0.1, -0.05) is 39.0 Å². The van der Waals surface area contributed by atoms with Crippen molar-refractivity contribution in [1.82, 2.24) is 10.3 Å². The number of nitrogens with one attached hydrogen (secondary N) is 1. The van der Waals surface area contributed by atoms with Gasteiger partial charge in [0.2, 0.25) is 5.88 Å². The van der Waals surface area contributed by atoms with Gasteiger partial charge in [0.25, 0.3) is 0 Å². The Kier molecular flexibility index (Phi) is 5.76. The molecule has 1 aromatic carbocycles. The summed E-state index contributed by atoms with van der Waals surface area (Å²) in [7, 11) is 0. The largest absolute Gasteiger partial charge is 0.439 e. The molecule has 0 saturated carbocycles. The molecule has 0 aliphatic heterocycles. The number of aromatic nitrogens is 1. The first-order chi connectivity index (χ1) is 10.2. The first-order valence-corrected chi connectivity index (χ1v) is 7.67. The molecule has 112 valence electrons. The molecule has 1 N–H and O–H groups in total. The molecule has 0 aliphatic carbocycles. The van der Waals surface area contributed by atoms with Gasteiger partial charge < -0.3 is 10.1 Å². The first-order valence-electron chi connectivity index (χ1n) is 7.67. The van der Waals surface area contributed by atoms with Gasteiger partial charge in [0.1, 0.15) is 5.75 Å². The maximum atomic E-state index is 5.92. The zero-order valence-electron chi connectivity index (χ0n) is 13.1. The molecule has 1 atom stereocenters. The van der Waals surface area contributed by atoms with Gasteiger partial charge in [-0.15, -0.1) is 0 Å². The Bertz CT molecular complexity index is 551. The summed E-state index contributed by atoms with van der Waals surface area (Å²) in [6.07, 6.45) is 2.91. The Balaban J connectivity index is 2.11. The summed E-state index contributed by atoms with van der Waals surface area (Å²) < 4.78 is 5.92. The topological polar surface area (TPSA) is 34.2 Å². The van der Waals surface area contributed by atoms with E-state index in [4.69, 9.17) is 4.74 Å². The number of ether oxygens (including phenoxy) is 1. The summed E-state index contributed by atoms with van der Waals surface area (Å²) in [6.45, 7) is 8.23. The maximum absolute atomic E-state index is 5.92. The van der Waals surface area contributed by atoms with Crippen molar-refractivity contribution in [3.63, 3.8) is 0 Å². The van der Waals surface area contributed by atoms with E-state index < -0.39 is 0 Å². The van der Waals surface area contributed by atoms with Gasteiger partial charge >= 0.3 is 0 Å². The first kappa shape index (κ1) is 15.5. The summed E-state index contributed by atoms with van der Waals surface area (Å²) in [5, 5.41) is 3.30. The van der Waals surface area contributed by atoms with Crippen molar-refractivity contribution >= 4 is 0 Å². The Morgan fingerprint density at radius 1 is 1.14 bits per heavy atom. The van der Waals surface area contributed by atoms with Crippen molar-refractivity contribution < 1.29 is 4.74 Å². The van der Waals surface area contributed by atoms with Crippen LogP contribution in [0, 0.1) is 0 Å². The molecule has 0 saturated heterocycles.